The van der Waals surface area contributed by atoms with Crippen LogP contribution < -0.4 is 10.9 Å². The molecule has 0 unspecified atom stereocenters. The van der Waals surface area contributed by atoms with Crippen LogP contribution in [0.15, 0.2) is 0 Å². The second kappa shape index (κ2) is 9.61. The van der Waals surface area contributed by atoms with Crippen molar-refractivity contribution < 1.29 is 19.1 Å². The Morgan fingerprint density at radius 2 is 1.79 bits per heavy atom. The van der Waals surface area contributed by atoms with Crippen LogP contribution >= 0.6 is 0 Å². The van der Waals surface area contributed by atoms with Gasteiger partial charge in [-0.25, -0.2) is 10.2 Å². The summed E-state index contributed by atoms with van der Waals surface area (Å²) in [6, 6.07) is 0. The molecule has 0 aliphatic heterocycles. The molecule has 0 saturated heterocycles. The molecule has 0 aliphatic rings. The van der Waals surface area contributed by atoms with Gasteiger partial charge in [-0.3, -0.25) is 10.2 Å². The number of hydrogen-bond acceptors (Lipinski definition) is 5. The number of nitrogens with one attached hydrogen (secondary N) is 2. The Kier molecular flexibility index (Phi) is 8.95. The molecule has 0 aromatic carbocycles. The van der Waals surface area contributed by atoms with E-state index in [2.05, 4.69) is 10.9 Å². The minimum absolute atomic E-state index is 0.151. The first-order chi connectivity index (χ1) is 8.85. The molecule has 0 radical (unpaired) electrons. The van der Waals surface area contributed by atoms with Crippen molar-refractivity contribution in [3.63, 3.8) is 0 Å². The molecule has 6 heteroatoms. The lowest BCUT2D eigenvalue weighted by Crippen LogP contribution is -2.41. The maximum Gasteiger partial charge on any atom is 0.422 e. The summed E-state index contributed by atoms with van der Waals surface area (Å²) < 4.78 is 9.87. The fourth-order valence-corrected chi connectivity index (χ4v) is 1.33. The number of unbranched alkanes of at least 4 members (excludes halogenated alkanes) is 2. The van der Waals surface area contributed by atoms with E-state index in [-0.39, 0.29) is 5.97 Å². The smallest absolute Gasteiger partial charge is 0.422 e. The molecular formula is C13H26N2O4. The molecular weight excluding hydrogens is 248 g/mol. The lowest BCUT2D eigenvalue weighted by molar-refractivity contribution is -0.143. The summed E-state index contributed by atoms with van der Waals surface area (Å²) in [6.07, 6.45) is 2.54. The van der Waals surface area contributed by atoms with E-state index in [0.29, 0.717) is 19.6 Å². The van der Waals surface area contributed by atoms with Crippen molar-refractivity contribution >= 4 is 12.1 Å². The molecule has 2 N–H and O–H groups in total. The average molecular weight is 274 g/mol. The standard InChI is InChI=1S/C13H26N2O4/c1-5-18-11(16)9-7-6-8-10-14-15-12(17)19-13(2,3)4/h14H,5-10H2,1-4H3,(H,15,17). The topological polar surface area (TPSA) is 76.7 Å². The van der Waals surface area contributed by atoms with E-state index in [4.69, 9.17) is 9.47 Å². The molecule has 0 spiro atoms. The maximum absolute atomic E-state index is 11.3. The molecule has 19 heavy (non-hydrogen) atoms. The summed E-state index contributed by atoms with van der Waals surface area (Å²) in [6.45, 7) is 8.29. The number of amides is 1. The Hall–Kier alpha value is -1.30. The summed E-state index contributed by atoms with van der Waals surface area (Å²) in [5.41, 5.74) is 4.74. The van der Waals surface area contributed by atoms with E-state index in [0.717, 1.165) is 19.3 Å². The summed E-state index contributed by atoms with van der Waals surface area (Å²) in [5.74, 6) is -0.151. The van der Waals surface area contributed by atoms with Crippen LogP contribution in [-0.2, 0) is 14.3 Å². The van der Waals surface area contributed by atoms with Crippen molar-refractivity contribution in [1.29, 1.82) is 0 Å². The van der Waals surface area contributed by atoms with Crippen molar-refractivity contribution in [2.45, 2.75) is 59.0 Å². The van der Waals surface area contributed by atoms with Crippen LogP contribution in [0.25, 0.3) is 0 Å². The van der Waals surface area contributed by atoms with Gasteiger partial charge in [0.05, 0.1) is 6.61 Å². The number of carbonyl (C=O) groups excluding carboxylic acids is 2. The van der Waals surface area contributed by atoms with Crippen LogP contribution in [0.2, 0.25) is 0 Å². The average Bonchev–Trinajstić information content (AvgIpc) is 2.25. The van der Waals surface area contributed by atoms with Gasteiger partial charge in [0.15, 0.2) is 0 Å². The van der Waals surface area contributed by atoms with Crippen molar-refractivity contribution in [2.75, 3.05) is 13.2 Å². The lowest BCUT2D eigenvalue weighted by Gasteiger charge is -2.19. The second-order valence-corrected chi connectivity index (χ2v) is 5.17. The van der Waals surface area contributed by atoms with Gasteiger partial charge in [-0.2, -0.15) is 0 Å². The molecule has 0 bridgehead atoms. The highest BCUT2D eigenvalue weighted by Gasteiger charge is 2.15. The second-order valence-electron chi connectivity index (χ2n) is 5.17. The van der Waals surface area contributed by atoms with Crippen LogP contribution in [0.3, 0.4) is 0 Å². The summed E-state index contributed by atoms with van der Waals surface area (Å²) in [5, 5.41) is 0. The first-order valence-electron chi connectivity index (χ1n) is 6.72. The van der Waals surface area contributed by atoms with Crippen LogP contribution in [-0.4, -0.2) is 30.8 Å². The number of hydrazine groups is 1. The van der Waals surface area contributed by atoms with E-state index in [1.165, 1.54) is 0 Å². The first-order valence-corrected chi connectivity index (χ1v) is 6.72. The third-order valence-electron chi connectivity index (χ3n) is 2.08. The maximum atomic E-state index is 11.3. The zero-order valence-electron chi connectivity index (χ0n) is 12.4. The number of rotatable bonds is 8. The minimum Gasteiger partial charge on any atom is -0.466 e. The molecule has 6 nitrogen and oxygen atoms in total. The Balaban J connectivity index is 3.36. The number of esters is 1. The van der Waals surface area contributed by atoms with Gasteiger partial charge >= 0.3 is 12.1 Å². The van der Waals surface area contributed by atoms with Gasteiger partial charge in [-0.15, -0.1) is 0 Å². The van der Waals surface area contributed by atoms with Gasteiger partial charge in [0.2, 0.25) is 0 Å². The van der Waals surface area contributed by atoms with Gasteiger partial charge in [-0.1, -0.05) is 6.42 Å². The Bertz CT molecular complexity index is 274. The van der Waals surface area contributed by atoms with Gasteiger partial charge < -0.3 is 9.47 Å². The SMILES string of the molecule is CCOC(=O)CCCCCNNC(=O)OC(C)(C)C. The Morgan fingerprint density at radius 1 is 1.11 bits per heavy atom. The number of ether oxygens (including phenoxy) is 2. The van der Waals surface area contributed by atoms with Crippen LogP contribution in [0.5, 0.6) is 0 Å². The predicted octanol–water partition coefficient (Wildman–Crippen LogP) is 2.14. The van der Waals surface area contributed by atoms with Crippen LogP contribution in [0.1, 0.15) is 53.4 Å². The first kappa shape index (κ1) is 17.7. The zero-order valence-corrected chi connectivity index (χ0v) is 12.4. The van der Waals surface area contributed by atoms with Gasteiger partial charge in [0.1, 0.15) is 5.60 Å². The highest BCUT2D eigenvalue weighted by atomic mass is 16.6. The van der Waals surface area contributed by atoms with E-state index < -0.39 is 11.7 Å². The van der Waals surface area contributed by atoms with Crippen molar-refractivity contribution in [1.82, 2.24) is 10.9 Å². The highest BCUT2D eigenvalue weighted by Crippen LogP contribution is 2.06. The Labute approximate surface area is 115 Å². The third kappa shape index (κ3) is 12.9. The lowest BCUT2D eigenvalue weighted by atomic mass is 10.2. The molecule has 0 heterocycles. The van der Waals surface area contributed by atoms with Crippen LogP contribution in [0.4, 0.5) is 4.79 Å². The van der Waals surface area contributed by atoms with Crippen molar-refractivity contribution in [3.05, 3.63) is 0 Å². The van der Waals surface area contributed by atoms with E-state index >= 15 is 0 Å². The molecule has 0 fully saturated rings. The molecule has 0 aromatic rings. The fourth-order valence-electron chi connectivity index (χ4n) is 1.33. The Morgan fingerprint density at radius 3 is 2.37 bits per heavy atom. The summed E-state index contributed by atoms with van der Waals surface area (Å²) >= 11 is 0. The van der Waals surface area contributed by atoms with E-state index in [1.807, 2.05) is 20.8 Å². The van der Waals surface area contributed by atoms with Gasteiger partial charge in [0.25, 0.3) is 0 Å². The molecule has 0 aromatic heterocycles. The zero-order chi connectivity index (χ0) is 14.7. The number of carbonyl (C=O) groups is 2. The van der Waals surface area contributed by atoms with Gasteiger partial charge in [0, 0.05) is 13.0 Å². The largest absolute Gasteiger partial charge is 0.466 e. The van der Waals surface area contributed by atoms with Crippen LogP contribution in [0, 0.1) is 0 Å². The fraction of sp³-hybridized carbons (Fsp3) is 0.846. The highest BCUT2D eigenvalue weighted by molar-refractivity contribution is 5.69. The molecule has 112 valence electrons. The molecule has 0 aliphatic carbocycles. The third-order valence-corrected chi connectivity index (χ3v) is 2.08. The summed E-state index contributed by atoms with van der Waals surface area (Å²) in [7, 11) is 0. The number of hydrogen-bond donors (Lipinski definition) is 2. The normalized spacial score (nSPS) is 10.9. The molecule has 0 saturated carbocycles. The van der Waals surface area contributed by atoms with Crippen molar-refractivity contribution in [3.8, 4) is 0 Å². The van der Waals surface area contributed by atoms with Gasteiger partial charge in [-0.05, 0) is 40.5 Å². The predicted molar refractivity (Wildman–Crippen MR) is 72.5 cm³/mol. The summed E-state index contributed by atoms with van der Waals surface area (Å²) in [4.78, 5) is 22.3. The molecule has 1 amide bonds. The molecule has 0 atom stereocenters. The molecule has 0 rings (SSSR count). The van der Waals surface area contributed by atoms with E-state index in [9.17, 15) is 9.59 Å². The minimum atomic E-state index is -0.495. The van der Waals surface area contributed by atoms with Crippen molar-refractivity contribution in [2.24, 2.45) is 0 Å². The quantitative estimate of drug-likeness (QED) is 0.403. The monoisotopic (exact) mass is 274 g/mol. The van der Waals surface area contributed by atoms with E-state index in [1.54, 1.807) is 6.92 Å².